The van der Waals surface area contributed by atoms with Crippen LogP contribution in [0, 0.1) is 5.92 Å². The second kappa shape index (κ2) is 5.75. The largest absolute Gasteiger partial charge is 0.388 e. The van der Waals surface area contributed by atoms with Crippen LogP contribution in [-0.4, -0.2) is 18.2 Å². The first-order valence-corrected chi connectivity index (χ1v) is 4.44. The van der Waals surface area contributed by atoms with Crippen molar-refractivity contribution in [3.05, 3.63) is 0 Å². The molecule has 3 nitrogen and oxygen atoms in total. The number of aliphatic imine (C=N–C) groups is 1. The molecule has 70 valence electrons. The molecule has 0 aromatic rings. The van der Waals surface area contributed by atoms with Crippen molar-refractivity contribution >= 4 is 11.5 Å². The lowest BCUT2D eigenvalue weighted by atomic mass is 10.1. The molecule has 0 saturated heterocycles. The van der Waals surface area contributed by atoms with E-state index in [-0.39, 0.29) is 0 Å². The minimum atomic E-state index is 0.463. The average Bonchev–Trinajstić information content (AvgIpc) is 2.08. The standard InChI is InChI=1S/C7H12N2O.C2H6/c1-5(2)7-4-10-9-6(3)8-7;1-2/h5H,4H2,1-3H3;1-2H3. The van der Waals surface area contributed by atoms with Crippen LogP contribution in [0.15, 0.2) is 10.1 Å². The van der Waals surface area contributed by atoms with Gasteiger partial charge in [-0.05, 0) is 12.8 Å². The van der Waals surface area contributed by atoms with Crippen LogP contribution in [0.1, 0.15) is 34.6 Å². The maximum atomic E-state index is 4.91. The Hall–Kier alpha value is -0.860. The Balaban J connectivity index is 0.000000561. The van der Waals surface area contributed by atoms with Crippen molar-refractivity contribution in [2.45, 2.75) is 34.6 Å². The summed E-state index contributed by atoms with van der Waals surface area (Å²) in [6.07, 6.45) is 0. The van der Waals surface area contributed by atoms with E-state index in [2.05, 4.69) is 24.0 Å². The Morgan fingerprint density at radius 3 is 2.25 bits per heavy atom. The van der Waals surface area contributed by atoms with Crippen molar-refractivity contribution in [2.24, 2.45) is 16.1 Å². The van der Waals surface area contributed by atoms with Gasteiger partial charge in [-0.15, -0.1) is 0 Å². The van der Waals surface area contributed by atoms with E-state index in [1.54, 1.807) is 0 Å². The van der Waals surface area contributed by atoms with E-state index in [0.717, 1.165) is 11.5 Å². The van der Waals surface area contributed by atoms with Crippen LogP contribution in [0.5, 0.6) is 0 Å². The summed E-state index contributed by atoms with van der Waals surface area (Å²) in [6.45, 7) is 10.6. The topological polar surface area (TPSA) is 34.0 Å². The quantitative estimate of drug-likeness (QED) is 0.595. The molecule has 1 heterocycles. The molecule has 1 aliphatic rings. The Morgan fingerprint density at radius 1 is 1.33 bits per heavy atom. The Labute approximate surface area is 74.5 Å². The summed E-state index contributed by atoms with van der Waals surface area (Å²) < 4.78 is 0. The van der Waals surface area contributed by atoms with Gasteiger partial charge < -0.3 is 4.84 Å². The highest BCUT2D eigenvalue weighted by molar-refractivity contribution is 5.99. The van der Waals surface area contributed by atoms with Gasteiger partial charge in [0.25, 0.3) is 0 Å². The lowest BCUT2D eigenvalue weighted by Gasteiger charge is -2.12. The van der Waals surface area contributed by atoms with E-state index in [0.29, 0.717) is 12.5 Å². The molecule has 0 bridgehead atoms. The zero-order valence-corrected chi connectivity index (χ0v) is 8.59. The van der Waals surface area contributed by atoms with Gasteiger partial charge in [-0.3, -0.25) is 0 Å². The summed E-state index contributed by atoms with van der Waals surface area (Å²) in [5.74, 6) is 1.18. The third-order valence-corrected chi connectivity index (χ3v) is 1.38. The van der Waals surface area contributed by atoms with E-state index in [9.17, 15) is 0 Å². The predicted octanol–water partition coefficient (Wildman–Crippen LogP) is 2.47. The van der Waals surface area contributed by atoms with E-state index >= 15 is 0 Å². The van der Waals surface area contributed by atoms with Gasteiger partial charge in [0, 0.05) is 0 Å². The lowest BCUT2D eigenvalue weighted by molar-refractivity contribution is 0.177. The molecule has 0 N–H and O–H groups in total. The Morgan fingerprint density at radius 2 is 1.92 bits per heavy atom. The smallest absolute Gasteiger partial charge is 0.164 e. The number of oxime groups is 1. The van der Waals surface area contributed by atoms with Crippen molar-refractivity contribution in [1.29, 1.82) is 0 Å². The minimum absolute atomic E-state index is 0.463. The van der Waals surface area contributed by atoms with Gasteiger partial charge >= 0.3 is 0 Å². The molecule has 1 aliphatic heterocycles. The van der Waals surface area contributed by atoms with Crippen molar-refractivity contribution in [3.8, 4) is 0 Å². The highest BCUT2D eigenvalue weighted by Crippen LogP contribution is 2.03. The molecule has 1 rings (SSSR count). The molecule has 0 fully saturated rings. The second-order valence-electron chi connectivity index (χ2n) is 2.67. The maximum absolute atomic E-state index is 4.91. The van der Waals surface area contributed by atoms with Crippen LogP contribution < -0.4 is 0 Å². The Kier molecular flexibility index (Phi) is 5.34. The normalized spacial score (nSPS) is 15.5. The molecule has 0 atom stereocenters. The van der Waals surface area contributed by atoms with Gasteiger partial charge in [0.15, 0.2) is 12.4 Å². The van der Waals surface area contributed by atoms with Gasteiger partial charge in [-0.25, -0.2) is 4.99 Å². The summed E-state index contributed by atoms with van der Waals surface area (Å²) in [4.78, 5) is 9.14. The predicted molar refractivity (Wildman–Crippen MR) is 52.7 cm³/mol. The average molecular weight is 170 g/mol. The highest BCUT2D eigenvalue weighted by Gasteiger charge is 2.09. The van der Waals surface area contributed by atoms with Crippen molar-refractivity contribution < 1.29 is 4.84 Å². The molecule has 0 aliphatic carbocycles. The molecule has 0 saturated carbocycles. The van der Waals surface area contributed by atoms with Gasteiger partial charge in [-0.2, -0.15) is 0 Å². The summed E-state index contributed by atoms with van der Waals surface area (Å²) in [6, 6.07) is 0. The van der Waals surface area contributed by atoms with Gasteiger partial charge in [0.1, 0.15) is 0 Å². The molecule has 12 heavy (non-hydrogen) atoms. The van der Waals surface area contributed by atoms with E-state index in [1.165, 1.54) is 0 Å². The monoisotopic (exact) mass is 170 g/mol. The molecule has 0 aromatic carbocycles. The molecular formula is C9H18N2O. The number of amidine groups is 1. The molecule has 0 amide bonds. The van der Waals surface area contributed by atoms with Gasteiger partial charge in [-0.1, -0.05) is 32.9 Å². The summed E-state index contributed by atoms with van der Waals surface area (Å²) >= 11 is 0. The molecular weight excluding hydrogens is 152 g/mol. The fourth-order valence-electron chi connectivity index (χ4n) is 0.748. The van der Waals surface area contributed by atoms with E-state index < -0.39 is 0 Å². The highest BCUT2D eigenvalue weighted by atomic mass is 16.6. The van der Waals surface area contributed by atoms with Crippen LogP contribution in [-0.2, 0) is 4.84 Å². The Bertz CT molecular complexity index is 183. The summed E-state index contributed by atoms with van der Waals surface area (Å²) in [5.41, 5.74) is 1.08. The number of hydrogen-bond donors (Lipinski definition) is 0. The first-order valence-electron chi connectivity index (χ1n) is 4.44. The molecule has 0 unspecified atom stereocenters. The van der Waals surface area contributed by atoms with Gasteiger partial charge in [0.05, 0.1) is 5.71 Å². The third kappa shape index (κ3) is 3.51. The first kappa shape index (κ1) is 11.1. The van der Waals surface area contributed by atoms with Gasteiger partial charge in [0.2, 0.25) is 0 Å². The van der Waals surface area contributed by atoms with Crippen LogP contribution in [0.2, 0.25) is 0 Å². The minimum Gasteiger partial charge on any atom is -0.388 e. The SMILES string of the molecule is CC.CC1=NOCC(C(C)C)=N1. The fraction of sp³-hybridized carbons (Fsp3) is 0.778. The zero-order valence-electron chi connectivity index (χ0n) is 8.59. The lowest BCUT2D eigenvalue weighted by Crippen LogP contribution is -2.19. The number of rotatable bonds is 1. The molecule has 3 heteroatoms. The zero-order chi connectivity index (χ0) is 9.56. The summed E-state index contributed by atoms with van der Waals surface area (Å²) in [7, 11) is 0. The first-order chi connectivity index (χ1) is 5.70. The van der Waals surface area contributed by atoms with Crippen LogP contribution in [0.4, 0.5) is 0 Å². The number of nitrogens with zero attached hydrogens (tertiary/aromatic N) is 2. The number of hydrogen-bond acceptors (Lipinski definition) is 3. The van der Waals surface area contributed by atoms with E-state index in [1.807, 2.05) is 20.8 Å². The fourth-order valence-corrected chi connectivity index (χ4v) is 0.748. The van der Waals surface area contributed by atoms with Crippen molar-refractivity contribution in [3.63, 3.8) is 0 Å². The van der Waals surface area contributed by atoms with Crippen molar-refractivity contribution in [2.75, 3.05) is 6.61 Å². The second-order valence-corrected chi connectivity index (χ2v) is 2.67. The molecule has 0 radical (unpaired) electrons. The molecule has 0 spiro atoms. The van der Waals surface area contributed by atoms with Crippen LogP contribution in [0.3, 0.4) is 0 Å². The van der Waals surface area contributed by atoms with E-state index in [4.69, 9.17) is 4.84 Å². The molecule has 0 aromatic heterocycles. The van der Waals surface area contributed by atoms with Crippen LogP contribution in [0.25, 0.3) is 0 Å². The maximum Gasteiger partial charge on any atom is 0.164 e. The van der Waals surface area contributed by atoms with Crippen molar-refractivity contribution in [1.82, 2.24) is 0 Å². The van der Waals surface area contributed by atoms with Crippen LogP contribution >= 0.6 is 0 Å². The summed E-state index contributed by atoms with van der Waals surface area (Å²) in [5, 5.41) is 3.69. The third-order valence-electron chi connectivity index (χ3n) is 1.38.